The fourth-order valence-electron chi connectivity index (χ4n) is 1.84. The van der Waals surface area contributed by atoms with Gasteiger partial charge in [0.05, 0.1) is 13.2 Å². The molecule has 0 aromatic carbocycles. The van der Waals surface area contributed by atoms with Crippen molar-refractivity contribution in [3.63, 3.8) is 0 Å². The van der Waals surface area contributed by atoms with Crippen LogP contribution in [0.5, 0.6) is 0 Å². The van der Waals surface area contributed by atoms with Gasteiger partial charge in [-0.05, 0) is 6.92 Å². The molecule has 2 heterocycles. The molecule has 21 heteroatoms. The minimum atomic E-state index is -5.46. The van der Waals surface area contributed by atoms with Crippen LogP contribution in [0.4, 0.5) is 0 Å². The number of β-amino-alcohol motifs (C(OH)–C–C–N with tert-alkyl or cyclic N) is 1. The quantitative estimate of drug-likeness (QED) is 0.178. The molecule has 0 aliphatic carbocycles. The molecule has 0 amide bonds. The summed E-state index contributed by atoms with van der Waals surface area (Å²) in [6.45, 7) is 1.23. The number of rotatable bonds is 6. The number of nitrogens with zero attached hydrogens (tertiary/aromatic N) is 2. The number of phosphoric acid groups is 3. The SMILES string of the molecule is Cc1cn(N2C[C@H](O)[C@@H](CO)O2)c(=O)[nH]c1=O.O=P(O)(O)OP(=O)(O)OP(=O)(O)O. The second-order valence-electron chi connectivity index (χ2n) is 5.46. The molecule has 2 rings (SSSR count). The lowest BCUT2D eigenvalue weighted by Gasteiger charge is -2.18. The lowest BCUT2D eigenvalue weighted by molar-refractivity contribution is -0.0232. The molecule has 0 unspecified atom stereocenters. The van der Waals surface area contributed by atoms with Gasteiger partial charge in [0.25, 0.3) is 5.56 Å². The molecule has 1 fully saturated rings. The minimum Gasteiger partial charge on any atom is -0.393 e. The number of H-pyrrole nitrogens is 1. The van der Waals surface area contributed by atoms with Crippen LogP contribution in [0.15, 0.2) is 15.8 Å². The first-order valence-corrected chi connectivity index (χ1v) is 11.9. The van der Waals surface area contributed by atoms with E-state index in [9.17, 15) is 28.4 Å². The smallest absolute Gasteiger partial charge is 0.393 e. The van der Waals surface area contributed by atoms with Gasteiger partial charge in [0.15, 0.2) is 0 Å². The van der Waals surface area contributed by atoms with E-state index in [1.54, 1.807) is 6.92 Å². The van der Waals surface area contributed by atoms with Gasteiger partial charge in [-0.1, -0.05) is 0 Å². The fraction of sp³-hybridized carbons (Fsp3) is 0.556. The van der Waals surface area contributed by atoms with E-state index in [2.05, 4.69) is 13.6 Å². The highest BCUT2D eigenvalue weighted by molar-refractivity contribution is 7.66. The summed E-state index contributed by atoms with van der Waals surface area (Å²) in [6.07, 6.45) is -0.346. The molecule has 18 nitrogen and oxygen atoms in total. The second-order valence-corrected chi connectivity index (χ2v) is 9.66. The van der Waals surface area contributed by atoms with E-state index >= 15 is 0 Å². The molecule has 1 aliphatic heterocycles. The van der Waals surface area contributed by atoms with E-state index in [0.29, 0.717) is 5.56 Å². The van der Waals surface area contributed by atoms with E-state index in [1.165, 1.54) is 6.20 Å². The molecular weight excluding hydrogens is 483 g/mol. The summed E-state index contributed by atoms with van der Waals surface area (Å²) in [6, 6.07) is 0. The molecule has 8 N–H and O–H groups in total. The maximum atomic E-state index is 11.5. The van der Waals surface area contributed by atoms with Gasteiger partial charge < -0.3 is 34.7 Å². The summed E-state index contributed by atoms with van der Waals surface area (Å²) in [5, 5.41) is 19.5. The van der Waals surface area contributed by atoms with E-state index in [1.807, 2.05) is 0 Å². The van der Waals surface area contributed by atoms with E-state index in [4.69, 9.17) is 34.4 Å². The van der Waals surface area contributed by atoms with Crippen LogP contribution in [0.25, 0.3) is 0 Å². The second kappa shape index (κ2) is 9.93. The van der Waals surface area contributed by atoms with Gasteiger partial charge >= 0.3 is 29.2 Å². The van der Waals surface area contributed by atoms with Crippen molar-refractivity contribution in [1.29, 1.82) is 0 Å². The van der Waals surface area contributed by atoms with Gasteiger partial charge in [-0.15, -0.1) is 0 Å². The summed E-state index contributed by atoms with van der Waals surface area (Å²) in [5.41, 5.74) is -0.786. The Labute approximate surface area is 165 Å². The van der Waals surface area contributed by atoms with Gasteiger partial charge in [-0.2, -0.15) is 18.5 Å². The zero-order valence-electron chi connectivity index (χ0n) is 14.8. The number of aryl methyl sites for hydroxylation is 1. The molecule has 30 heavy (non-hydrogen) atoms. The van der Waals surface area contributed by atoms with Gasteiger partial charge in [0.1, 0.15) is 12.2 Å². The van der Waals surface area contributed by atoms with Crippen LogP contribution < -0.4 is 16.4 Å². The Bertz CT molecular complexity index is 965. The summed E-state index contributed by atoms with van der Waals surface area (Å²) >= 11 is 0. The monoisotopic (exact) mass is 501 g/mol. The molecule has 1 aromatic rings. The summed E-state index contributed by atoms with van der Waals surface area (Å²) in [5.74, 6) is 0. The molecule has 1 aromatic heterocycles. The van der Waals surface area contributed by atoms with Crippen molar-refractivity contribution < 1.29 is 61.8 Å². The van der Waals surface area contributed by atoms with Crippen LogP contribution in [0.1, 0.15) is 5.56 Å². The lowest BCUT2D eigenvalue weighted by Crippen LogP contribution is -2.44. The molecule has 0 bridgehead atoms. The van der Waals surface area contributed by atoms with Crippen molar-refractivity contribution in [3.8, 4) is 0 Å². The third-order valence-corrected chi connectivity index (χ3v) is 6.32. The zero-order valence-corrected chi connectivity index (χ0v) is 17.5. The van der Waals surface area contributed by atoms with Crippen molar-refractivity contribution >= 4 is 23.5 Å². The van der Waals surface area contributed by atoms with Crippen molar-refractivity contribution in [3.05, 3.63) is 32.6 Å². The van der Waals surface area contributed by atoms with E-state index in [-0.39, 0.29) is 13.2 Å². The predicted molar refractivity (Wildman–Crippen MR) is 93.2 cm³/mol. The Balaban J connectivity index is 0.000000314. The van der Waals surface area contributed by atoms with Crippen LogP contribution in [0, 0.1) is 6.92 Å². The average molecular weight is 501 g/mol. The average Bonchev–Trinajstić information content (AvgIpc) is 2.87. The number of hydrogen-bond donors (Lipinski definition) is 8. The number of hydrogen-bond acceptors (Lipinski definition) is 11. The molecule has 0 saturated carbocycles. The topological polar surface area (TPSA) is 279 Å². The van der Waals surface area contributed by atoms with E-state index < -0.39 is 46.9 Å². The standard InChI is InChI=1S/C9H13N3O5.H5O10P3/c1-5-2-11(9(16)10-8(5)15)12-3-6(14)7(4-13)17-12;1-11(2,3)9-13(7,8)10-12(4,5)6/h2,6-7,13-14H,3-4H2,1H3,(H,10,15,16);(H,7,8)(H2,1,2,3)(H2,4,5,6)/t6-,7+;/m0./s1. The number of aliphatic hydroxyl groups excluding tert-OH is 2. The number of hydroxylamine groups is 1. The molecule has 1 aliphatic rings. The van der Waals surface area contributed by atoms with Crippen molar-refractivity contribution in [1.82, 2.24) is 9.66 Å². The van der Waals surface area contributed by atoms with Gasteiger partial charge in [0, 0.05) is 11.8 Å². The van der Waals surface area contributed by atoms with Crippen LogP contribution in [-0.2, 0) is 27.2 Å². The summed E-state index contributed by atoms with van der Waals surface area (Å²) in [4.78, 5) is 70.2. The predicted octanol–water partition coefficient (Wildman–Crippen LogP) is -3.24. The number of aromatic amines is 1. The molecule has 174 valence electrons. The minimum absolute atomic E-state index is 0.0383. The molecule has 0 radical (unpaired) electrons. The van der Waals surface area contributed by atoms with Crippen LogP contribution in [0.3, 0.4) is 0 Å². The highest BCUT2D eigenvalue weighted by Crippen LogP contribution is 2.64. The van der Waals surface area contributed by atoms with Crippen molar-refractivity contribution in [2.24, 2.45) is 0 Å². The van der Waals surface area contributed by atoms with E-state index in [0.717, 1.165) is 9.85 Å². The number of aromatic nitrogens is 2. The largest absolute Gasteiger partial charge is 0.490 e. The highest BCUT2D eigenvalue weighted by atomic mass is 31.3. The third-order valence-electron chi connectivity index (χ3n) is 2.97. The first-order valence-electron chi connectivity index (χ1n) is 7.37. The van der Waals surface area contributed by atoms with Gasteiger partial charge in [0.2, 0.25) is 0 Å². The van der Waals surface area contributed by atoms with Gasteiger partial charge in [-0.3, -0.25) is 9.78 Å². The van der Waals surface area contributed by atoms with Crippen molar-refractivity contribution in [2.45, 2.75) is 19.1 Å². The lowest BCUT2D eigenvalue weighted by atomic mass is 10.2. The number of aliphatic hydroxyl groups is 2. The molecule has 2 atom stereocenters. The first kappa shape index (κ1) is 26.8. The summed E-state index contributed by atoms with van der Waals surface area (Å²) < 4.78 is 37.4. The number of nitrogens with one attached hydrogen (secondary N) is 1. The van der Waals surface area contributed by atoms with Crippen LogP contribution in [0.2, 0.25) is 0 Å². The highest BCUT2D eigenvalue weighted by Gasteiger charge is 2.38. The Kier molecular flexibility index (Phi) is 8.87. The van der Waals surface area contributed by atoms with Crippen molar-refractivity contribution in [2.75, 3.05) is 18.3 Å². The Hall–Kier alpha value is -1.23. The van der Waals surface area contributed by atoms with Crippen LogP contribution >= 0.6 is 23.5 Å². The third kappa shape index (κ3) is 8.87. The maximum Gasteiger partial charge on any atom is 0.490 e. The Morgan fingerprint density at radius 2 is 1.63 bits per heavy atom. The Morgan fingerprint density at radius 1 is 1.13 bits per heavy atom. The normalized spacial score (nSPS) is 20.1. The van der Waals surface area contributed by atoms with Crippen LogP contribution in [-0.4, -0.2) is 69.7 Å². The Morgan fingerprint density at radius 3 is 2.03 bits per heavy atom. The summed E-state index contributed by atoms with van der Waals surface area (Å²) in [7, 11) is -16.2. The maximum absolute atomic E-state index is 11.5. The van der Waals surface area contributed by atoms with Gasteiger partial charge in [-0.25, -0.2) is 23.3 Å². The molecule has 0 spiro atoms. The zero-order chi connectivity index (χ0) is 23.5. The molecule has 1 saturated heterocycles. The fourth-order valence-corrected chi connectivity index (χ4v) is 4.38. The molecular formula is C9H18N3O15P3. The first-order chi connectivity index (χ1) is 13.4.